The molecule has 0 radical (unpaired) electrons. The van der Waals surface area contributed by atoms with Crippen molar-refractivity contribution in [1.82, 2.24) is 0 Å². The van der Waals surface area contributed by atoms with Crippen molar-refractivity contribution in [3.05, 3.63) is 88.5 Å². The molecule has 0 bridgehead atoms. The van der Waals surface area contributed by atoms with Gasteiger partial charge in [0.2, 0.25) is 0 Å². The van der Waals surface area contributed by atoms with Crippen molar-refractivity contribution in [3.63, 3.8) is 0 Å². The summed E-state index contributed by atoms with van der Waals surface area (Å²) in [7, 11) is -4.13. The standard InChI is InChI=1S/C20H14F3N3O6S/c21-20(22,23)32-17-5-1-3-15(11-17)24-19(27)13-7-9-14(10-8-13)25-33(30,31)18-6-2-4-16(12-18)26(28)29/h1-12,25H,(H,24,27). The Kier molecular flexibility index (Phi) is 6.53. The van der Waals surface area contributed by atoms with Gasteiger partial charge in [0.1, 0.15) is 5.75 Å². The van der Waals surface area contributed by atoms with Crippen LogP contribution in [0.4, 0.5) is 30.2 Å². The fourth-order valence-corrected chi connectivity index (χ4v) is 3.74. The van der Waals surface area contributed by atoms with Crippen LogP contribution in [0.5, 0.6) is 5.75 Å². The Hall–Kier alpha value is -4.13. The minimum absolute atomic E-state index is 0.0530. The molecule has 0 aromatic heterocycles. The first-order chi connectivity index (χ1) is 15.4. The van der Waals surface area contributed by atoms with Crippen LogP contribution >= 0.6 is 0 Å². The van der Waals surface area contributed by atoms with Gasteiger partial charge in [0, 0.05) is 35.1 Å². The van der Waals surface area contributed by atoms with E-state index >= 15 is 0 Å². The molecule has 0 aliphatic rings. The lowest BCUT2D eigenvalue weighted by molar-refractivity contribution is -0.385. The lowest BCUT2D eigenvalue weighted by Crippen LogP contribution is -2.17. The predicted octanol–water partition coefficient (Wildman–Crippen LogP) is 4.55. The van der Waals surface area contributed by atoms with E-state index in [1.165, 1.54) is 48.5 Å². The van der Waals surface area contributed by atoms with Crippen molar-refractivity contribution in [3.8, 4) is 5.75 Å². The second-order valence-electron chi connectivity index (χ2n) is 6.47. The Bertz CT molecular complexity index is 1290. The van der Waals surface area contributed by atoms with Gasteiger partial charge in [-0.1, -0.05) is 12.1 Å². The van der Waals surface area contributed by atoms with Crippen LogP contribution in [-0.2, 0) is 10.0 Å². The minimum Gasteiger partial charge on any atom is -0.406 e. The summed E-state index contributed by atoms with van der Waals surface area (Å²) in [5.74, 6) is -1.17. The molecule has 2 N–H and O–H groups in total. The minimum atomic E-state index is -4.88. The van der Waals surface area contributed by atoms with Crippen molar-refractivity contribution in [2.45, 2.75) is 11.3 Å². The second-order valence-corrected chi connectivity index (χ2v) is 8.15. The number of hydrogen-bond donors (Lipinski definition) is 2. The first-order valence-electron chi connectivity index (χ1n) is 8.97. The maximum atomic E-state index is 12.5. The third kappa shape index (κ3) is 6.43. The quantitative estimate of drug-likeness (QED) is 0.377. The number of non-ortho nitro benzene ring substituents is 1. The Morgan fingerprint density at radius 1 is 0.939 bits per heavy atom. The highest BCUT2D eigenvalue weighted by Gasteiger charge is 2.31. The highest BCUT2D eigenvalue weighted by molar-refractivity contribution is 7.92. The predicted molar refractivity (Wildman–Crippen MR) is 111 cm³/mol. The number of amides is 1. The van der Waals surface area contributed by atoms with Crippen LogP contribution in [0.15, 0.2) is 77.7 Å². The van der Waals surface area contributed by atoms with E-state index in [2.05, 4.69) is 14.8 Å². The van der Waals surface area contributed by atoms with Crippen LogP contribution in [0, 0.1) is 10.1 Å². The molecule has 3 aromatic carbocycles. The van der Waals surface area contributed by atoms with Gasteiger partial charge >= 0.3 is 6.36 Å². The monoisotopic (exact) mass is 481 g/mol. The van der Waals surface area contributed by atoms with E-state index < -0.39 is 38.7 Å². The van der Waals surface area contributed by atoms with E-state index in [1.807, 2.05) is 0 Å². The molecule has 0 unspecified atom stereocenters. The number of nitro benzene ring substituents is 1. The smallest absolute Gasteiger partial charge is 0.406 e. The van der Waals surface area contributed by atoms with Gasteiger partial charge in [-0.3, -0.25) is 19.6 Å². The topological polar surface area (TPSA) is 128 Å². The van der Waals surface area contributed by atoms with E-state index in [1.54, 1.807) is 0 Å². The van der Waals surface area contributed by atoms with Gasteiger partial charge in [0.05, 0.1) is 9.82 Å². The molecule has 3 rings (SSSR count). The lowest BCUT2D eigenvalue weighted by Gasteiger charge is -2.11. The number of nitro groups is 1. The molecule has 0 saturated heterocycles. The van der Waals surface area contributed by atoms with E-state index in [0.29, 0.717) is 0 Å². The number of halogens is 3. The van der Waals surface area contributed by atoms with Crippen LogP contribution in [-0.4, -0.2) is 25.6 Å². The first kappa shape index (κ1) is 23.5. The zero-order valence-corrected chi connectivity index (χ0v) is 17.2. The van der Waals surface area contributed by atoms with Crippen LogP contribution in [0.1, 0.15) is 10.4 Å². The summed E-state index contributed by atoms with van der Waals surface area (Å²) in [6.07, 6.45) is -4.88. The molecule has 3 aromatic rings. The van der Waals surface area contributed by atoms with Gasteiger partial charge in [-0.05, 0) is 42.5 Å². The zero-order chi connectivity index (χ0) is 24.2. The normalized spacial score (nSPS) is 11.5. The molecule has 0 spiro atoms. The number of rotatable bonds is 7. The maximum Gasteiger partial charge on any atom is 0.573 e. The summed E-state index contributed by atoms with van der Waals surface area (Å²) in [5, 5.41) is 13.3. The third-order valence-electron chi connectivity index (χ3n) is 4.06. The molecule has 33 heavy (non-hydrogen) atoms. The van der Waals surface area contributed by atoms with E-state index in [0.717, 1.165) is 24.3 Å². The number of sulfonamides is 1. The molecular formula is C20H14F3N3O6S. The average Bonchev–Trinajstić information content (AvgIpc) is 2.73. The number of alkyl halides is 3. The van der Waals surface area contributed by atoms with Gasteiger partial charge in [0.15, 0.2) is 0 Å². The number of carbonyl (C=O) groups is 1. The average molecular weight is 481 g/mol. The molecule has 13 heteroatoms. The molecule has 0 saturated carbocycles. The summed E-state index contributed by atoms with van der Waals surface area (Å²) < 4.78 is 68.0. The second kappa shape index (κ2) is 9.16. The molecular weight excluding hydrogens is 467 g/mol. The molecule has 1 amide bonds. The fourth-order valence-electron chi connectivity index (χ4n) is 2.64. The lowest BCUT2D eigenvalue weighted by atomic mass is 10.2. The number of carbonyl (C=O) groups excluding carboxylic acids is 1. The van der Waals surface area contributed by atoms with Crippen LogP contribution < -0.4 is 14.8 Å². The molecule has 0 heterocycles. The summed E-state index contributed by atoms with van der Waals surface area (Å²) in [4.78, 5) is 22.2. The maximum absolute atomic E-state index is 12.5. The van der Waals surface area contributed by atoms with E-state index in [4.69, 9.17) is 0 Å². The van der Waals surface area contributed by atoms with Gasteiger partial charge in [-0.25, -0.2) is 8.42 Å². The van der Waals surface area contributed by atoms with Gasteiger partial charge in [-0.15, -0.1) is 13.2 Å². The van der Waals surface area contributed by atoms with Crippen molar-refractivity contribution in [1.29, 1.82) is 0 Å². The summed E-state index contributed by atoms with van der Waals surface area (Å²) in [5.41, 5.74) is -0.166. The molecule has 9 nitrogen and oxygen atoms in total. The molecule has 0 fully saturated rings. The summed E-state index contributed by atoms with van der Waals surface area (Å²) in [6, 6.07) is 14.3. The van der Waals surface area contributed by atoms with E-state index in [9.17, 15) is 36.5 Å². The Morgan fingerprint density at radius 2 is 1.61 bits per heavy atom. The van der Waals surface area contributed by atoms with Crippen molar-refractivity contribution in [2.75, 3.05) is 10.0 Å². The summed E-state index contributed by atoms with van der Waals surface area (Å²) in [6.45, 7) is 0. The summed E-state index contributed by atoms with van der Waals surface area (Å²) >= 11 is 0. The molecule has 172 valence electrons. The number of anilines is 2. The Labute approximate surface area is 185 Å². The SMILES string of the molecule is O=C(Nc1cccc(OC(F)(F)F)c1)c1ccc(NS(=O)(=O)c2cccc([N+](=O)[O-])c2)cc1. The fraction of sp³-hybridized carbons (Fsp3) is 0.0500. The largest absolute Gasteiger partial charge is 0.573 e. The number of nitrogens with zero attached hydrogens (tertiary/aromatic N) is 1. The van der Waals surface area contributed by atoms with Gasteiger partial charge in [0.25, 0.3) is 21.6 Å². The van der Waals surface area contributed by atoms with Crippen LogP contribution in [0.2, 0.25) is 0 Å². The Balaban J connectivity index is 1.70. The van der Waals surface area contributed by atoms with Crippen molar-refractivity contribution < 1.29 is 36.0 Å². The molecule has 0 aliphatic heterocycles. The highest BCUT2D eigenvalue weighted by atomic mass is 32.2. The number of nitrogens with one attached hydrogen (secondary N) is 2. The number of hydrogen-bond acceptors (Lipinski definition) is 6. The van der Waals surface area contributed by atoms with Gasteiger partial charge < -0.3 is 10.1 Å². The highest BCUT2D eigenvalue weighted by Crippen LogP contribution is 2.25. The molecule has 0 aliphatic carbocycles. The molecule has 0 atom stereocenters. The van der Waals surface area contributed by atoms with Crippen LogP contribution in [0.25, 0.3) is 0 Å². The van der Waals surface area contributed by atoms with E-state index in [-0.39, 0.29) is 21.8 Å². The van der Waals surface area contributed by atoms with Crippen molar-refractivity contribution in [2.24, 2.45) is 0 Å². The number of benzene rings is 3. The number of ether oxygens (including phenoxy) is 1. The van der Waals surface area contributed by atoms with Crippen molar-refractivity contribution >= 4 is 33.0 Å². The van der Waals surface area contributed by atoms with Crippen LogP contribution in [0.3, 0.4) is 0 Å². The van der Waals surface area contributed by atoms with Gasteiger partial charge in [-0.2, -0.15) is 0 Å². The zero-order valence-electron chi connectivity index (χ0n) is 16.4. The first-order valence-corrected chi connectivity index (χ1v) is 10.5. The Morgan fingerprint density at radius 3 is 2.24 bits per heavy atom. The third-order valence-corrected chi connectivity index (χ3v) is 5.44.